The highest BCUT2D eigenvalue weighted by Gasteiger charge is 2.72. The minimum Gasteiger partial charge on any atom is -0.481 e. The molecule has 4 N–H and O–H groups in total. The highest BCUT2D eigenvalue weighted by molar-refractivity contribution is 9.10. The summed E-state index contributed by atoms with van der Waals surface area (Å²) in [5.41, 5.74) is -1.64. The van der Waals surface area contributed by atoms with Crippen LogP contribution in [-0.2, 0) is 9.59 Å². The molecule has 0 saturated heterocycles. The van der Waals surface area contributed by atoms with Crippen molar-refractivity contribution in [1.29, 1.82) is 0 Å². The lowest BCUT2D eigenvalue weighted by Crippen LogP contribution is -2.68. The lowest BCUT2D eigenvalue weighted by molar-refractivity contribution is -0.146. The molecule has 0 heterocycles. The molecule has 4 aliphatic carbocycles. The van der Waals surface area contributed by atoms with Crippen LogP contribution >= 0.6 is 15.9 Å². The quantitative estimate of drug-likeness (QED) is 0.210. The van der Waals surface area contributed by atoms with Gasteiger partial charge in [-0.1, -0.05) is 28.4 Å². The van der Waals surface area contributed by atoms with Crippen LogP contribution in [0.5, 0.6) is 0 Å². The molecule has 1 unspecified atom stereocenters. The van der Waals surface area contributed by atoms with Gasteiger partial charge in [0, 0.05) is 23.7 Å². The molecule has 166 valence electrons. The van der Waals surface area contributed by atoms with Gasteiger partial charge in [-0.15, -0.1) is 5.16 Å². The number of allylic oxidation sites excluding steroid dienone is 1. The van der Waals surface area contributed by atoms with Crippen molar-refractivity contribution in [3.05, 3.63) is 11.6 Å². The summed E-state index contributed by atoms with van der Waals surface area (Å²) in [6.45, 7) is 2.12. The van der Waals surface area contributed by atoms with E-state index in [9.17, 15) is 30.1 Å². The van der Waals surface area contributed by atoms with Gasteiger partial charge >= 0.3 is 5.97 Å². The number of fused-ring (bicyclic) bond motifs is 5. The molecule has 0 spiro atoms. The molecule has 30 heavy (non-hydrogen) atoms. The molecule has 0 aromatic rings. The molecule has 0 aromatic heterocycles. The molecule has 0 radical (unpaired) electrons. The van der Waals surface area contributed by atoms with Crippen molar-refractivity contribution in [2.75, 3.05) is 0 Å². The summed E-state index contributed by atoms with van der Waals surface area (Å²) >= 11 is 3.98. The second-order valence-corrected chi connectivity index (χ2v) is 11.3. The first-order valence-corrected chi connectivity index (χ1v) is 11.6. The lowest BCUT2D eigenvalue weighted by Gasteiger charge is -2.65. The van der Waals surface area contributed by atoms with E-state index in [2.05, 4.69) is 28.0 Å². The summed E-state index contributed by atoms with van der Waals surface area (Å²) < 4.78 is -0.652. The van der Waals surface area contributed by atoms with Crippen LogP contribution in [0, 0.1) is 22.7 Å². The van der Waals surface area contributed by atoms with Gasteiger partial charge in [0.1, 0.15) is 0 Å². The molecule has 4 aliphatic rings. The van der Waals surface area contributed by atoms with Crippen LogP contribution in [0.15, 0.2) is 16.8 Å². The number of carbonyl (C=O) groups excluding carboxylic acids is 1. The summed E-state index contributed by atoms with van der Waals surface area (Å²) in [7, 11) is 0. The Balaban J connectivity index is 1.79. The van der Waals surface area contributed by atoms with Crippen LogP contribution in [0.1, 0.15) is 64.7 Å². The molecule has 8 heteroatoms. The molecule has 0 amide bonds. The van der Waals surface area contributed by atoms with Gasteiger partial charge in [0.2, 0.25) is 0 Å². The first-order chi connectivity index (χ1) is 14.0. The van der Waals surface area contributed by atoms with E-state index in [1.807, 2.05) is 0 Å². The smallest absolute Gasteiger partial charge is 0.303 e. The summed E-state index contributed by atoms with van der Waals surface area (Å²) in [4.78, 5) is 23.3. The predicted octanol–water partition coefficient (Wildman–Crippen LogP) is 3.04. The standard InChI is InChI=1S/C22H30BrNO6/c1-19-7-4-14(25)10-13(19)2-3-16-15-5-8-21(29,9-6-18(27)28)20(15,12-24-30)11-17(26)22(16,19)23/h10,12,15-17,26,29-30H,2-9,11H2,1H3,(H,27,28)/t15-,16-,17?,19-,20+,21-,22-/m0/s1. The summed E-state index contributed by atoms with van der Waals surface area (Å²) in [6.07, 6.45) is 5.99. The fraction of sp³-hybridized carbons (Fsp3) is 0.773. The van der Waals surface area contributed by atoms with Crippen molar-refractivity contribution in [2.24, 2.45) is 27.8 Å². The van der Waals surface area contributed by atoms with Gasteiger partial charge in [-0.3, -0.25) is 9.59 Å². The third-order valence-electron chi connectivity index (χ3n) is 8.96. The molecular weight excluding hydrogens is 454 g/mol. The molecule has 7 nitrogen and oxygen atoms in total. The van der Waals surface area contributed by atoms with E-state index in [4.69, 9.17) is 0 Å². The zero-order valence-corrected chi connectivity index (χ0v) is 18.8. The molecule has 4 rings (SSSR count). The number of carboxylic acids is 1. The fourth-order valence-corrected chi connectivity index (χ4v) is 8.59. The molecule has 3 fully saturated rings. The van der Waals surface area contributed by atoms with Crippen molar-refractivity contribution in [3.8, 4) is 0 Å². The normalized spacial score (nSPS) is 48.1. The first-order valence-electron chi connectivity index (χ1n) is 10.8. The van der Waals surface area contributed by atoms with Gasteiger partial charge in [0.15, 0.2) is 5.78 Å². The number of aliphatic hydroxyl groups excluding tert-OH is 1. The number of carboxylic acid groups (broad SMARTS) is 1. The molecular formula is C22H30BrNO6. The number of hydrogen-bond donors (Lipinski definition) is 4. The maximum atomic E-state index is 12.1. The molecule has 0 aliphatic heterocycles. The van der Waals surface area contributed by atoms with Crippen LogP contribution in [0.4, 0.5) is 0 Å². The fourth-order valence-electron chi connectivity index (χ4n) is 7.43. The highest BCUT2D eigenvalue weighted by atomic mass is 79.9. The van der Waals surface area contributed by atoms with Crippen LogP contribution in [-0.4, -0.2) is 54.5 Å². The van der Waals surface area contributed by atoms with Gasteiger partial charge in [-0.05, 0) is 62.9 Å². The number of rotatable bonds is 4. The molecule has 3 saturated carbocycles. The average molecular weight is 484 g/mol. The van der Waals surface area contributed by atoms with Gasteiger partial charge in [0.25, 0.3) is 0 Å². The van der Waals surface area contributed by atoms with Crippen molar-refractivity contribution in [1.82, 2.24) is 0 Å². The van der Waals surface area contributed by atoms with Crippen LogP contribution in [0.3, 0.4) is 0 Å². The predicted molar refractivity (Wildman–Crippen MR) is 113 cm³/mol. The summed E-state index contributed by atoms with van der Waals surface area (Å²) in [5.74, 6) is -0.923. The maximum absolute atomic E-state index is 12.1. The monoisotopic (exact) mass is 483 g/mol. The number of ketones is 1. The molecule has 0 bridgehead atoms. The van der Waals surface area contributed by atoms with Crippen molar-refractivity contribution in [3.63, 3.8) is 0 Å². The number of halogens is 1. The Bertz CT molecular complexity index is 828. The van der Waals surface area contributed by atoms with E-state index in [0.29, 0.717) is 25.7 Å². The number of oxime groups is 1. The summed E-state index contributed by atoms with van der Waals surface area (Å²) in [5, 5.41) is 45.1. The van der Waals surface area contributed by atoms with E-state index in [1.54, 1.807) is 6.08 Å². The Morgan fingerprint density at radius 2 is 2.03 bits per heavy atom. The Kier molecular flexibility index (Phi) is 5.22. The first kappa shape index (κ1) is 22.0. The van der Waals surface area contributed by atoms with Crippen molar-refractivity contribution < 1.29 is 30.1 Å². The van der Waals surface area contributed by atoms with Crippen LogP contribution in [0.2, 0.25) is 0 Å². The van der Waals surface area contributed by atoms with Crippen molar-refractivity contribution in [2.45, 2.75) is 80.7 Å². The highest BCUT2D eigenvalue weighted by Crippen LogP contribution is 2.71. The van der Waals surface area contributed by atoms with E-state index >= 15 is 0 Å². The Hall–Kier alpha value is -1.25. The average Bonchev–Trinajstić information content (AvgIpc) is 2.95. The van der Waals surface area contributed by atoms with Gasteiger partial charge < -0.3 is 20.5 Å². The number of aliphatic hydroxyl groups is 2. The second-order valence-electron chi connectivity index (χ2n) is 9.96. The number of carbonyl (C=O) groups is 2. The Morgan fingerprint density at radius 1 is 1.30 bits per heavy atom. The van der Waals surface area contributed by atoms with Crippen LogP contribution < -0.4 is 0 Å². The molecule has 0 aromatic carbocycles. The van der Waals surface area contributed by atoms with E-state index in [1.165, 1.54) is 6.21 Å². The number of aliphatic carboxylic acids is 1. The number of alkyl halides is 1. The van der Waals surface area contributed by atoms with Gasteiger partial charge in [0.05, 0.1) is 22.2 Å². The van der Waals surface area contributed by atoms with Gasteiger partial charge in [-0.2, -0.15) is 0 Å². The zero-order valence-electron chi connectivity index (χ0n) is 17.2. The third-order valence-corrected chi connectivity index (χ3v) is 11.0. The lowest BCUT2D eigenvalue weighted by atomic mass is 9.45. The largest absolute Gasteiger partial charge is 0.481 e. The van der Waals surface area contributed by atoms with Gasteiger partial charge in [-0.25, -0.2) is 0 Å². The van der Waals surface area contributed by atoms with E-state index in [-0.39, 0.29) is 42.3 Å². The molecule has 7 atom stereocenters. The van der Waals surface area contributed by atoms with Crippen molar-refractivity contribution >= 4 is 33.9 Å². The van der Waals surface area contributed by atoms with E-state index in [0.717, 1.165) is 18.4 Å². The Labute approximate surface area is 184 Å². The third kappa shape index (κ3) is 2.72. The summed E-state index contributed by atoms with van der Waals surface area (Å²) in [6, 6.07) is 0. The topological polar surface area (TPSA) is 127 Å². The SMILES string of the molecule is C[C@]12CCC(=O)C=C1CC[C@H]1[C@@H]3CC[C@](O)(CCC(=O)O)[C@@]3(C=NO)CC(O)[C@@]12Br. The number of hydrogen-bond acceptors (Lipinski definition) is 6. The van der Waals surface area contributed by atoms with E-state index < -0.39 is 27.4 Å². The number of nitrogens with zero attached hydrogens (tertiary/aromatic N) is 1. The zero-order chi connectivity index (χ0) is 21.9. The Morgan fingerprint density at radius 3 is 2.70 bits per heavy atom. The minimum atomic E-state index is -1.35. The van der Waals surface area contributed by atoms with Crippen LogP contribution in [0.25, 0.3) is 0 Å². The maximum Gasteiger partial charge on any atom is 0.303 e. The second kappa shape index (κ2) is 7.14. The minimum absolute atomic E-state index is 0.00606.